The summed E-state index contributed by atoms with van der Waals surface area (Å²) in [5.74, 6) is 2.36. The van der Waals surface area contributed by atoms with Crippen LogP contribution in [0.25, 0.3) is 5.57 Å². The Kier molecular flexibility index (Phi) is 8.72. The van der Waals surface area contributed by atoms with Gasteiger partial charge in [0.15, 0.2) is 0 Å². The summed E-state index contributed by atoms with van der Waals surface area (Å²) in [5.41, 5.74) is 10.1. The van der Waals surface area contributed by atoms with Gasteiger partial charge < -0.3 is 15.4 Å². The average molecular weight is 428 g/mol. The van der Waals surface area contributed by atoms with Gasteiger partial charge in [-0.15, -0.1) is 0 Å². The number of carbonyl (C=O) groups excluding carboxylic acids is 1. The lowest BCUT2D eigenvalue weighted by molar-refractivity contribution is 0.0304. The number of nitrogens with two attached hydrogens (primary N) is 1. The number of likely N-dealkylation sites (N-methyl/N-ethyl adjacent to an activating group) is 1. The minimum atomic E-state index is -0.499. The Bertz CT molecular complexity index is 803. The van der Waals surface area contributed by atoms with Crippen LogP contribution in [0, 0.1) is 24.7 Å². The van der Waals surface area contributed by atoms with Crippen LogP contribution in [0.5, 0.6) is 0 Å². The number of aryl methyl sites for hydroxylation is 1. The van der Waals surface area contributed by atoms with Crippen molar-refractivity contribution in [3.63, 3.8) is 0 Å². The van der Waals surface area contributed by atoms with E-state index in [0.29, 0.717) is 19.0 Å². The van der Waals surface area contributed by atoms with Gasteiger partial charge in [0, 0.05) is 31.6 Å². The molecule has 0 bridgehead atoms. The van der Waals surface area contributed by atoms with E-state index < -0.39 is 5.60 Å². The molecule has 0 saturated heterocycles. The summed E-state index contributed by atoms with van der Waals surface area (Å²) in [6, 6.07) is 6.53. The molecule has 1 fully saturated rings. The highest BCUT2D eigenvalue weighted by molar-refractivity contribution is 6.09. The Hall–Kier alpha value is -2.30. The monoisotopic (exact) mass is 427 g/mol. The number of amides is 1. The van der Waals surface area contributed by atoms with Gasteiger partial charge in [-0.3, -0.25) is 4.99 Å². The van der Waals surface area contributed by atoms with E-state index in [2.05, 4.69) is 44.0 Å². The van der Waals surface area contributed by atoms with Gasteiger partial charge in [-0.25, -0.2) is 4.79 Å². The van der Waals surface area contributed by atoms with Crippen LogP contribution in [-0.2, 0) is 11.2 Å². The van der Waals surface area contributed by atoms with Crippen molar-refractivity contribution in [3.05, 3.63) is 41.1 Å². The highest BCUT2D eigenvalue weighted by Crippen LogP contribution is 2.41. The maximum Gasteiger partial charge on any atom is 0.410 e. The third-order valence-corrected chi connectivity index (χ3v) is 6.17. The summed E-state index contributed by atoms with van der Waals surface area (Å²) < 4.78 is 5.36. The summed E-state index contributed by atoms with van der Waals surface area (Å²) in [7, 11) is 1.72. The predicted molar refractivity (Wildman–Crippen MR) is 130 cm³/mol. The van der Waals surface area contributed by atoms with Crippen molar-refractivity contribution in [2.45, 2.75) is 66.4 Å². The topological polar surface area (TPSA) is 67.9 Å². The molecule has 0 aliphatic heterocycles. The van der Waals surface area contributed by atoms with Crippen LogP contribution in [0.15, 0.2) is 29.4 Å². The maximum absolute atomic E-state index is 12.0. The molecule has 1 aromatic carbocycles. The largest absolute Gasteiger partial charge is 0.444 e. The van der Waals surface area contributed by atoms with E-state index in [1.807, 2.05) is 20.8 Å². The molecule has 1 aliphatic carbocycles. The molecule has 2 atom stereocenters. The van der Waals surface area contributed by atoms with E-state index >= 15 is 0 Å². The van der Waals surface area contributed by atoms with Gasteiger partial charge in [-0.2, -0.15) is 0 Å². The first-order valence-corrected chi connectivity index (χ1v) is 11.5. The van der Waals surface area contributed by atoms with E-state index in [4.69, 9.17) is 10.5 Å². The number of rotatable bonds is 9. The second-order valence-corrected chi connectivity index (χ2v) is 10.1. The Labute approximate surface area is 188 Å². The third kappa shape index (κ3) is 8.04. The van der Waals surface area contributed by atoms with Crippen LogP contribution < -0.4 is 5.73 Å². The molecule has 0 spiro atoms. The molecule has 2 N–H and O–H groups in total. The molecule has 1 aromatic rings. The van der Waals surface area contributed by atoms with E-state index in [1.54, 1.807) is 24.4 Å². The molecule has 1 saturated carbocycles. The fourth-order valence-corrected chi connectivity index (χ4v) is 3.71. The summed E-state index contributed by atoms with van der Waals surface area (Å²) in [6.07, 6.45) is 6.94. The second kappa shape index (κ2) is 10.8. The van der Waals surface area contributed by atoms with Gasteiger partial charge in [-0.05, 0) is 81.4 Å². The van der Waals surface area contributed by atoms with Crippen molar-refractivity contribution < 1.29 is 9.53 Å². The molecule has 31 heavy (non-hydrogen) atoms. The molecule has 172 valence electrons. The fourth-order valence-electron chi connectivity index (χ4n) is 3.71. The van der Waals surface area contributed by atoms with E-state index in [9.17, 15) is 4.79 Å². The number of hydrogen-bond acceptors (Lipinski definition) is 4. The SMILES string of the molecule is Cc1ccc(C(C=NCCN(C)C(=O)OC(C)(C)C)=CN)cc1CC(C)[C@@H](C)C1CC1. The van der Waals surface area contributed by atoms with Gasteiger partial charge in [0.05, 0.1) is 6.54 Å². The summed E-state index contributed by atoms with van der Waals surface area (Å²) in [5, 5.41) is 0. The Morgan fingerprint density at radius 2 is 2.00 bits per heavy atom. The Balaban J connectivity index is 1.96. The molecule has 0 heterocycles. The zero-order valence-corrected chi connectivity index (χ0v) is 20.4. The smallest absolute Gasteiger partial charge is 0.410 e. The molecule has 1 unspecified atom stereocenters. The lowest BCUT2D eigenvalue weighted by atomic mass is 9.84. The first kappa shape index (κ1) is 25.0. The molecule has 2 rings (SSSR count). The quantitative estimate of drug-likeness (QED) is 0.532. The molecule has 0 radical (unpaired) electrons. The van der Waals surface area contributed by atoms with Gasteiger partial charge >= 0.3 is 6.09 Å². The predicted octanol–water partition coefficient (Wildman–Crippen LogP) is 5.46. The number of hydrogen-bond donors (Lipinski definition) is 1. The summed E-state index contributed by atoms with van der Waals surface area (Å²) in [6.45, 7) is 13.5. The Morgan fingerprint density at radius 3 is 2.58 bits per heavy atom. The van der Waals surface area contributed by atoms with Crippen LogP contribution in [-0.4, -0.2) is 42.9 Å². The number of allylic oxidation sites excluding steroid dienone is 1. The molecule has 5 nitrogen and oxygen atoms in total. The zero-order chi connectivity index (χ0) is 23.2. The van der Waals surface area contributed by atoms with Crippen LogP contribution in [0.2, 0.25) is 0 Å². The minimum absolute atomic E-state index is 0.338. The molecular formula is C26H41N3O2. The number of nitrogens with zero attached hydrogens (tertiary/aromatic N) is 2. The molecule has 0 aromatic heterocycles. The minimum Gasteiger partial charge on any atom is -0.444 e. The van der Waals surface area contributed by atoms with Crippen molar-refractivity contribution in [3.8, 4) is 0 Å². The van der Waals surface area contributed by atoms with Gasteiger partial charge in [0.25, 0.3) is 0 Å². The first-order valence-electron chi connectivity index (χ1n) is 11.5. The second-order valence-electron chi connectivity index (χ2n) is 10.1. The van der Waals surface area contributed by atoms with E-state index in [0.717, 1.165) is 29.4 Å². The molecule has 5 heteroatoms. The zero-order valence-electron chi connectivity index (χ0n) is 20.4. The summed E-state index contributed by atoms with van der Waals surface area (Å²) >= 11 is 0. The lowest BCUT2D eigenvalue weighted by Gasteiger charge is -2.24. The standard InChI is InChI=1S/C26H41N3O2/c1-18-8-9-22(15-23(18)14-19(2)20(3)21-10-11-21)24(16-27)17-28-12-13-29(7)25(30)31-26(4,5)6/h8-9,15-17,19-21H,10-14,27H2,1-7H3/t19?,20-/m1/s1. The molecule has 1 aliphatic rings. The van der Waals surface area contributed by atoms with Crippen molar-refractivity contribution in [2.24, 2.45) is 28.5 Å². The normalized spacial score (nSPS) is 16.9. The van der Waals surface area contributed by atoms with Crippen LogP contribution in [0.1, 0.15) is 64.2 Å². The highest BCUT2D eigenvalue weighted by atomic mass is 16.6. The highest BCUT2D eigenvalue weighted by Gasteiger charge is 2.31. The van der Waals surface area contributed by atoms with Gasteiger partial charge in [0.2, 0.25) is 0 Å². The van der Waals surface area contributed by atoms with E-state index in [1.165, 1.54) is 24.0 Å². The average Bonchev–Trinajstić information content (AvgIpc) is 3.53. The van der Waals surface area contributed by atoms with Gasteiger partial charge in [0.1, 0.15) is 5.60 Å². The number of aliphatic imine (C=N–C) groups is 1. The maximum atomic E-state index is 12.0. The molecule has 1 amide bonds. The van der Waals surface area contributed by atoms with E-state index in [-0.39, 0.29) is 6.09 Å². The van der Waals surface area contributed by atoms with Crippen molar-refractivity contribution in [1.82, 2.24) is 4.90 Å². The Morgan fingerprint density at radius 1 is 1.32 bits per heavy atom. The van der Waals surface area contributed by atoms with Crippen molar-refractivity contribution >= 4 is 17.9 Å². The number of benzene rings is 1. The summed E-state index contributed by atoms with van der Waals surface area (Å²) in [4.78, 5) is 18.1. The first-order chi connectivity index (χ1) is 14.5. The third-order valence-electron chi connectivity index (χ3n) is 6.17. The van der Waals surface area contributed by atoms with Gasteiger partial charge in [-0.1, -0.05) is 32.0 Å². The molecular weight excluding hydrogens is 386 g/mol. The lowest BCUT2D eigenvalue weighted by Crippen LogP contribution is -2.35. The van der Waals surface area contributed by atoms with Crippen molar-refractivity contribution in [1.29, 1.82) is 0 Å². The van der Waals surface area contributed by atoms with Crippen LogP contribution in [0.4, 0.5) is 4.79 Å². The number of ether oxygens (including phenoxy) is 1. The van der Waals surface area contributed by atoms with Crippen LogP contribution >= 0.6 is 0 Å². The van der Waals surface area contributed by atoms with Crippen LogP contribution in [0.3, 0.4) is 0 Å². The van der Waals surface area contributed by atoms with Crippen molar-refractivity contribution in [2.75, 3.05) is 20.1 Å². The number of carbonyl (C=O) groups is 1. The fraction of sp³-hybridized carbons (Fsp3) is 0.615.